The lowest BCUT2D eigenvalue weighted by atomic mass is 9.84. The Bertz CT molecular complexity index is 2030. The Morgan fingerprint density at radius 1 is 0.641 bits per heavy atom. The Hall–Kier alpha value is -6.46. The minimum absolute atomic E-state index is 0.00740. The maximum Gasteiger partial charge on any atom is 0.411 e. The third-order valence-corrected chi connectivity index (χ3v) is 11.3. The molecule has 344 valence electrons. The maximum atomic E-state index is 13.4. The van der Waals surface area contributed by atoms with E-state index in [0.29, 0.717) is 43.4 Å². The van der Waals surface area contributed by atoms with Crippen LogP contribution in [0.5, 0.6) is 11.5 Å². The van der Waals surface area contributed by atoms with Crippen LogP contribution in [0.25, 0.3) is 0 Å². The number of halogens is 6. The van der Waals surface area contributed by atoms with E-state index in [4.69, 9.17) is 20.3 Å². The largest absolute Gasteiger partial charge is 0.481 e. The first-order chi connectivity index (χ1) is 30.5. The number of primary amides is 1. The second-order valence-electron chi connectivity index (χ2n) is 15.2. The van der Waals surface area contributed by atoms with E-state index < -0.39 is 60.1 Å². The molecule has 12 nitrogen and oxygen atoms in total. The fourth-order valence-electron chi connectivity index (χ4n) is 8.11. The second kappa shape index (κ2) is 21.8. The number of carbonyl (C=O) groups is 4. The number of hydrogen-bond donors (Lipinski definition) is 2. The number of carboxylic acid groups (broad SMARTS) is 1. The predicted molar refractivity (Wildman–Crippen MR) is 219 cm³/mol. The van der Waals surface area contributed by atoms with Crippen molar-refractivity contribution in [3.05, 3.63) is 131 Å². The Labute approximate surface area is 365 Å². The number of cyclic esters (lactones) is 2. The van der Waals surface area contributed by atoms with Gasteiger partial charge in [-0.1, -0.05) is 62.4 Å². The van der Waals surface area contributed by atoms with Crippen LogP contribution in [0.15, 0.2) is 97.1 Å². The first-order valence-electron chi connectivity index (χ1n) is 20.6. The maximum absolute atomic E-state index is 13.4. The zero-order chi connectivity index (χ0) is 46.6. The molecule has 0 spiro atoms. The van der Waals surface area contributed by atoms with Gasteiger partial charge in [0.25, 0.3) is 0 Å². The van der Waals surface area contributed by atoms with E-state index in [0.717, 1.165) is 11.1 Å². The number of amides is 3. The van der Waals surface area contributed by atoms with Crippen molar-refractivity contribution in [3.8, 4) is 11.5 Å². The van der Waals surface area contributed by atoms with Gasteiger partial charge < -0.3 is 39.6 Å². The lowest BCUT2D eigenvalue weighted by molar-refractivity contribution is -0.139. The molecule has 18 heteroatoms. The van der Waals surface area contributed by atoms with Gasteiger partial charge in [-0.15, -0.1) is 0 Å². The van der Waals surface area contributed by atoms with Crippen molar-refractivity contribution in [2.45, 2.75) is 102 Å². The van der Waals surface area contributed by atoms with Crippen LogP contribution in [-0.4, -0.2) is 65.3 Å². The average Bonchev–Trinajstić information content (AvgIpc) is 3.25. The summed E-state index contributed by atoms with van der Waals surface area (Å²) in [5, 5.41) is 9.15. The Kier molecular flexibility index (Phi) is 16.5. The van der Waals surface area contributed by atoms with Crippen LogP contribution in [0.2, 0.25) is 0 Å². The van der Waals surface area contributed by atoms with Gasteiger partial charge in [0, 0.05) is 51.6 Å². The number of carboxylic acids is 1. The van der Waals surface area contributed by atoms with Crippen LogP contribution in [0, 0.1) is 11.6 Å². The van der Waals surface area contributed by atoms with E-state index in [1.54, 1.807) is 29.2 Å². The van der Waals surface area contributed by atoms with Gasteiger partial charge in [0.05, 0.1) is 12.1 Å². The number of ether oxygens (including phenoxy) is 4. The summed E-state index contributed by atoms with van der Waals surface area (Å²) < 4.78 is 96.8. The van der Waals surface area contributed by atoms with Gasteiger partial charge in [0.15, 0.2) is 0 Å². The number of nitrogens with two attached hydrogens (primary N) is 1. The summed E-state index contributed by atoms with van der Waals surface area (Å²) in [6, 6.07) is 22.6. The van der Waals surface area contributed by atoms with Gasteiger partial charge in [-0.05, 0) is 83.6 Å². The SMILES string of the molecule is CC[C@@H](c1ccc(OC(F)F)cc1)N1CC[C@](CCC(=O)O)(c2ccc(F)cc2)OC1=O.CC[C@@H](c1ccc(OC(F)F)cc1)N1CC[C@](CCC(N)=O)(c2ccc(F)cc2)OC1=O. The molecule has 0 aromatic heterocycles. The third kappa shape index (κ3) is 12.4. The smallest absolute Gasteiger partial charge is 0.411 e. The van der Waals surface area contributed by atoms with Crippen LogP contribution in [-0.2, 0) is 30.3 Å². The molecule has 2 saturated heterocycles. The number of nitrogens with zero attached hydrogens (tertiary/aromatic N) is 2. The van der Waals surface area contributed by atoms with Crippen molar-refractivity contribution in [1.29, 1.82) is 0 Å². The van der Waals surface area contributed by atoms with E-state index in [1.165, 1.54) is 77.7 Å². The molecule has 3 amide bonds. The average molecular weight is 902 g/mol. The highest BCUT2D eigenvalue weighted by Crippen LogP contribution is 2.43. The lowest BCUT2D eigenvalue weighted by Gasteiger charge is -2.44. The minimum atomic E-state index is -2.93. The highest BCUT2D eigenvalue weighted by Gasteiger charge is 2.45. The number of carbonyl (C=O) groups excluding carboxylic acids is 3. The first kappa shape index (κ1) is 48.6. The van der Waals surface area contributed by atoms with Crippen LogP contribution < -0.4 is 15.2 Å². The molecule has 4 atom stereocenters. The molecule has 6 rings (SSSR count). The number of benzene rings is 4. The number of hydrogen-bond acceptors (Lipinski definition) is 8. The van der Waals surface area contributed by atoms with Crippen LogP contribution in [0.4, 0.5) is 35.9 Å². The second-order valence-corrected chi connectivity index (χ2v) is 15.2. The summed E-state index contributed by atoms with van der Waals surface area (Å²) in [6.45, 7) is -1.46. The molecule has 4 aromatic carbocycles. The van der Waals surface area contributed by atoms with Crippen molar-refractivity contribution in [2.75, 3.05) is 13.1 Å². The minimum Gasteiger partial charge on any atom is -0.481 e. The third-order valence-electron chi connectivity index (χ3n) is 11.3. The monoisotopic (exact) mass is 901 g/mol. The topological polar surface area (TPSA) is 158 Å². The molecular formula is C46H49F6N3O9. The quantitative estimate of drug-likeness (QED) is 0.0928. The number of rotatable bonds is 18. The highest BCUT2D eigenvalue weighted by molar-refractivity contribution is 5.74. The molecular weight excluding hydrogens is 853 g/mol. The fraction of sp³-hybridized carbons (Fsp3) is 0.391. The first-order valence-corrected chi connectivity index (χ1v) is 20.6. The van der Waals surface area contributed by atoms with E-state index in [1.807, 2.05) is 13.8 Å². The molecule has 3 N–H and O–H groups in total. The summed E-state index contributed by atoms with van der Waals surface area (Å²) in [6.07, 6.45) is 0.643. The van der Waals surface area contributed by atoms with Gasteiger partial charge >= 0.3 is 31.4 Å². The molecule has 64 heavy (non-hydrogen) atoms. The molecule has 0 radical (unpaired) electrons. The van der Waals surface area contributed by atoms with E-state index >= 15 is 0 Å². The highest BCUT2D eigenvalue weighted by atomic mass is 19.3. The van der Waals surface area contributed by atoms with E-state index in [2.05, 4.69) is 9.47 Å². The van der Waals surface area contributed by atoms with Gasteiger partial charge in [-0.3, -0.25) is 9.59 Å². The van der Waals surface area contributed by atoms with Gasteiger partial charge in [0.2, 0.25) is 5.91 Å². The normalized spacial score (nSPS) is 19.5. The molecule has 2 aliphatic rings. The van der Waals surface area contributed by atoms with Crippen molar-refractivity contribution in [1.82, 2.24) is 9.80 Å². The lowest BCUT2D eigenvalue weighted by Crippen LogP contribution is -2.49. The summed E-state index contributed by atoms with van der Waals surface area (Å²) in [7, 11) is 0. The van der Waals surface area contributed by atoms with Crippen LogP contribution in [0.3, 0.4) is 0 Å². The molecule has 2 heterocycles. The Balaban J connectivity index is 0.000000241. The summed E-state index contributed by atoms with van der Waals surface area (Å²) in [5.74, 6) is -2.38. The molecule has 4 aromatic rings. The van der Waals surface area contributed by atoms with Crippen LogP contribution >= 0.6 is 0 Å². The Morgan fingerprint density at radius 2 is 1.00 bits per heavy atom. The molecule has 0 bridgehead atoms. The van der Waals surface area contributed by atoms with Crippen molar-refractivity contribution in [3.63, 3.8) is 0 Å². The molecule has 2 fully saturated rings. The molecule has 0 aliphatic carbocycles. The van der Waals surface area contributed by atoms with Crippen LogP contribution in [0.1, 0.15) is 99.6 Å². The fourth-order valence-corrected chi connectivity index (χ4v) is 8.11. The van der Waals surface area contributed by atoms with Gasteiger partial charge in [-0.2, -0.15) is 17.6 Å². The Morgan fingerprint density at radius 3 is 1.30 bits per heavy atom. The zero-order valence-corrected chi connectivity index (χ0v) is 35.1. The van der Waals surface area contributed by atoms with E-state index in [9.17, 15) is 45.5 Å². The molecule has 0 unspecified atom stereocenters. The summed E-state index contributed by atoms with van der Waals surface area (Å²) in [4.78, 5) is 51.8. The van der Waals surface area contributed by atoms with E-state index in [-0.39, 0.29) is 55.8 Å². The van der Waals surface area contributed by atoms with Crippen molar-refractivity contribution < 1.29 is 69.6 Å². The summed E-state index contributed by atoms with van der Waals surface area (Å²) >= 11 is 0. The molecule has 0 saturated carbocycles. The standard InChI is InChI=1S/C23H25F3N2O4.C23H24F3NO5/c1-2-19(15-3-9-18(10-4-15)31-21(25)26)28-14-13-23(32-22(28)30,12-11-20(27)29)16-5-7-17(24)8-6-16;1-2-19(15-3-9-18(10-4-15)31-21(25)26)27-14-13-23(32-22(27)30,12-11-20(28)29)16-5-7-17(24)8-6-16/h3-10,19,21H,2,11-14H2,1H3,(H2,27,29);3-10,19,21H,2,11-14H2,1H3,(H,28,29)/t2*19-,23+/m00/s1. The van der Waals surface area contributed by atoms with Gasteiger partial charge in [-0.25, -0.2) is 18.4 Å². The van der Waals surface area contributed by atoms with Gasteiger partial charge in [0.1, 0.15) is 34.3 Å². The molecule has 2 aliphatic heterocycles. The zero-order valence-electron chi connectivity index (χ0n) is 35.1. The van der Waals surface area contributed by atoms with Crippen molar-refractivity contribution in [2.24, 2.45) is 5.73 Å². The predicted octanol–water partition coefficient (Wildman–Crippen LogP) is 10.4. The van der Waals surface area contributed by atoms with Crippen molar-refractivity contribution >= 4 is 24.1 Å². The number of aliphatic carboxylic acids is 1. The summed E-state index contributed by atoms with van der Waals surface area (Å²) in [5.41, 5.74) is 5.65. The number of alkyl halides is 4.